The topological polar surface area (TPSA) is 12.5 Å². The summed E-state index contributed by atoms with van der Waals surface area (Å²) in [5.74, 6) is 0. The number of hydrogen-bond acceptors (Lipinski definition) is 2. The Balaban J connectivity index is 2.31. The van der Waals surface area contributed by atoms with E-state index in [9.17, 15) is 13.2 Å². The van der Waals surface area contributed by atoms with E-state index in [2.05, 4.69) is 6.58 Å². The molecule has 2 nitrogen and oxygen atoms in total. The zero-order valence-electron chi connectivity index (χ0n) is 7.83. The fraction of sp³-hybridized carbons (Fsp3) is 0.778. The molecule has 0 spiro atoms. The normalized spacial score (nSPS) is 22.3. The molecule has 1 heterocycles. The van der Waals surface area contributed by atoms with Crippen LogP contribution < -0.4 is 0 Å². The number of hydrogen-bond donors (Lipinski definition) is 0. The van der Waals surface area contributed by atoms with Crippen molar-refractivity contribution in [2.24, 2.45) is 0 Å². The molecule has 0 aliphatic carbocycles. The molecular formula is C9H14F3NO. The summed E-state index contributed by atoms with van der Waals surface area (Å²) in [5.41, 5.74) is 0. The van der Waals surface area contributed by atoms with Gasteiger partial charge in [-0.05, 0) is 12.8 Å². The minimum absolute atomic E-state index is 0.00591. The van der Waals surface area contributed by atoms with E-state index in [1.54, 1.807) is 0 Å². The molecule has 1 fully saturated rings. The molecule has 1 saturated heterocycles. The Hall–Kier alpha value is -0.710. The molecule has 0 bridgehead atoms. The monoisotopic (exact) mass is 209 g/mol. The van der Waals surface area contributed by atoms with Crippen molar-refractivity contribution in [3.63, 3.8) is 0 Å². The zero-order chi connectivity index (χ0) is 10.6. The molecule has 14 heavy (non-hydrogen) atoms. The highest BCUT2D eigenvalue weighted by molar-refractivity contribution is 4.76. The molecule has 0 aromatic heterocycles. The lowest BCUT2D eigenvalue weighted by Crippen LogP contribution is -2.44. The smallest absolute Gasteiger partial charge is 0.282 e. The fourth-order valence-corrected chi connectivity index (χ4v) is 1.55. The summed E-state index contributed by atoms with van der Waals surface area (Å²) in [6.07, 6.45) is -2.60. The van der Waals surface area contributed by atoms with Crippen molar-refractivity contribution in [2.75, 3.05) is 13.1 Å². The highest BCUT2D eigenvalue weighted by atomic mass is 19.3. The molecule has 0 saturated carbocycles. The predicted octanol–water partition coefficient (Wildman–Crippen LogP) is 2.17. The maximum absolute atomic E-state index is 12.8. The van der Waals surface area contributed by atoms with Crippen molar-refractivity contribution in [1.82, 2.24) is 4.90 Å². The van der Waals surface area contributed by atoms with Gasteiger partial charge in [0.2, 0.25) is 6.30 Å². The van der Waals surface area contributed by atoms with E-state index in [0.717, 1.165) is 4.90 Å². The van der Waals surface area contributed by atoms with Gasteiger partial charge in [-0.1, -0.05) is 6.58 Å². The average molecular weight is 209 g/mol. The second kappa shape index (κ2) is 5.24. The number of nitrogens with zero attached hydrogens (tertiary/aromatic N) is 1. The Bertz CT molecular complexity index is 181. The van der Waals surface area contributed by atoms with Crippen molar-refractivity contribution in [3.05, 3.63) is 12.8 Å². The molecule has 1 rings (SSSR count). The predicted molar refractivity (Wildman–Crippen MR) is 46.8 cm³/mol. The van der Waals surface area contributed by atoms with E-state index in [-0.39, 0.29) is 6.10 Å². The van der Waals surface area contributed by atoms with Gasteiger partial charge in [0.1, 0.15) is 6.10 Å². The highest BCUT2D eigenvalue weighted by Gasteiger charge is 2.30. The zero-order valence-corrected chi connectivity index (χ0v) is 7.83. The molecule has 0 radical (unpaired) electrons. The first kappa shape index (κ1) is 11.4. The van der Waals surface area contributed by atoms with Gasteiger partial charge in [0.25, 0.3) is 6.43 Å². The molecule has 1 unspecified atom stereocenters. The first-order valence-electron chi connectivity index (χ1n) is 4.57. The summed E-state index contributed by atoms with van der Waals surface area (Å²) in [4.78, 5) is 1.15. The Labute approximate surface area is 81.3 Å². The second-order valence-corrected chi connectivity index (χ2v) is 3.25. The van der Waals surface area contributed by atoms with Crippen LogP contribution in [-0.2, 0) is 4.74 Å². The molecule has 82 valence electrons. The Morgan fingerprint density at radius 1 is 1.29 bits per heavy atom. The summed E-state index contributed by atoms with van der Waals surface area (Å²) in [6, 6.07) is 0. The van der Waals surface area contributed by atoms with Gasteiger partial charge in [-0.3, -0.25) is 4.90 Å². The third kappa shape index (κ3) is 2.90. The third-order valence-corrected chi connectivity index (χ3v) is 2.32. The lowest BCUT2D eigenvalue weighted by Gasteiger charge is -2.32. The lowest BCUT2D eigenvalue weighted by molar-refractivity contribution is -0.0700. The number of likely N-dealkylation sites (tertiary alicyclic amines) is 1. The molecular weight excluding hydrogens is 195 g/mol. The van der Waals surface area contributed by atoms with Gasteiger partial charge in [-0.25, -0.2) is 13.2 Å². The molecule has 1 atom stereocenters. The van der Waals surface area contributed by atoms with Gasteiger partial charge in [-0.15, -0.1) is 0 Å². The van der Waals surface area contributed by atoms with Crippen LogP contribution in [0.4, 0.5) is 13.2 Å². The maximum atomic E-state index is 12.8. The Morgan fingerprint density at radius 2 is 1.86 bits per heavy atom. The highest BCUT2D eigenvalue weighted by Crippen LogP contribution is 2.19. The fourth-order valence-electron chi connectivity index (χ4n) is 1.55. The van der Waals surface area contributed by atoms with E-state index >= 15 is 0 Å². The standard InChI is InChI=1S/C9H14F3NO/c1-2-14-7-3-5-13(6-4-7)9(12)8(10)11/h2,7-9H,1,3-6H2. The Morgan fingerprint density at radius 3 is 2.29 bits per heavy atom. The molecule has 0 aromatic rings. The summed E-state index contributed by atoms with van der Waals surface area (Å²) in [6.45, 7) is 4.03. The summed E-state index contributed by atoms with van der Waals surface area (Å²) in [5, 5.41) is 0. The van der Waals surface area contributed by atoms with Crippen molar-refractivity contribution in [2.45, 2.75) is 31.7 Å². The van der Waals surface area contributed by atoms with Crippen LogP contribution in [0.2, 0.25) is 0 Å². The summed E-state index contributed by atoms with van der Waals surface area (Å²) in [7, 11) is 0. The van der Waals surface area contributed by atoms with Crippen molar-refractivity contribution in [1.29, 1.82) is 0 Å². The molecule has 0 aromatic carbocycles. The van der Waals surface area contributed by atoms with Crippen LogP contribution in [0.3, 0.4) is 0 Å². The molecule has 5 heteroatoms. The Kier molecular flexibility index (Phi) is 4.25. The lowest BCUT2D eigenvalue weighted by atomic mass is 10.1. The van der Waals surface area contributed by atoms with Gasteiger partial charge in [0.05, 0.1) is 6.26 Å². The summed E-state index contributed by atoms with van der Waals surface area (Å²) < 4.78 is 41.9. The summed E-state index contributed by atoms with van der Waals surface area (Å²) >= 11 is 0. The number of halogens is 3. The number of alkyl halides is 3. The maximum Gasteiger partial charge on any atom is 0.282 e. The quantitative estimate of drug-likeness (QED) is 0.519. The van der Waals surface area contributed by atoms with E-state index in [1.165, 1.54) is 6.26 Å². The third-order valence-electron chi connectivity index (χ3n) is 2.32. The van der Waals surface area contributed by atoms with Crippen LogP contribution in [0.15, 0.2) is 12.8 Å². The molecule has 0 N–H and O–H groups in total. The van der Waals surface area contributed by atoms with Crippen LogP contribution >= 0.6 is 0 Å². The van der Waals surface area contributed by atoms with Crippen molar-refractivity contribution >= 4 is 0 Å². The largest absolute Gasteiger partial charge is 0.499 e. The van der Waals surface area contributed by atoms with Crippen molar-refractivity contribution in [3.8, 4) is 0 Å². The van der Waals surface area contributed by atoms with Crippen LogP contribution in [0.5, 0.6) is 0 Å². The molecule has 0 amide bonds. The number of piperidine rings is 1. The minimum Gasteiger partial charge on any atom is -0.499 e. The number of ether oxygens (including phenoxy) is 1. The second-order valence-electron chi connectivity index (χ2n) is 3.25. The first-order chi connectivity index (χ1) is 6.65. The average Bonchev–Trinajstić information content (AvgIpc) is 2.18. The van der Waals surface area contributed by atoms with Crippen LogP contribution in [0.25, 0.3) is 0 Å². The van der Waals surface area contributed by atoms with E-state index in [0.29, 0.717) is 25.9 Å². The van der Waals surface area contributed by atoms with Gasteiger partial charge < -0.3 is 4.74 Å². The van der Waals surface area contributed by atoms with Gasteiger partial charge >= 0.3 is 0 Å². The van der Waals surface area contributed by atoms with Crippen molar-refractivity contribution < 1.29 is 17.9 Å². The van der Waals surface area contributed by atoms with Crippen LogP contribution in [0, 0.1) is 0 Å². The van der Waals surface area contributed by atoms with Crippen LogP contribution in [-0.4, -0.2) is 36.8 Å². The van der Waals surface area contributed by atoms with Gasteiger partial charge in [0.15, 0.2) is 0 Å². The first-order valence-corrected chi connectivity index (χ1v) is 4.57. The van der Waals surface area contributed by atoms with E-state index in [4.69, 9.17) is 4.74 Å². The van der Waals surface area contributed by atoms with E-state index in [1.807, 2.05) is 0 Å². The van der Waals surface area contributed by atoms with Gasteiger partial charge in [0, 0.05) is 13.1 Å². The molecule has 1 aliphatic heterocycles. The SMILES string of the molecule is C=COC1CCN(C(F)C(F)F)CC1. The van der Waals surface area contributed by atoms with Crippen LogP contribution in [0.1, 0.15) is 12.8 Å². The van der Waals surface area contributed by atoms with Gasteiger partial charge in [-0.2, -0.15) is 0 Å². The molecule has 1 aliphatic rings. The minimum atomic E-state index is -2.92. The van der Waals surface area contributed by atoms with E-state index < -0.39 is 12.7 Å². The number of rotatable bonds is 4.